The highest BCUT2D eigenvalue weighted by atomic mass is 79.9. The minimum atomic E-state index is -1.27. The van der Waals surface area contributed by atoms with Gasteiger partial charge in [-0.15, -0.1) is 13.2 Å². The second-order valence-electron chi connectivity index (χ2n) is 12.4. The van der Waals surface area contributed by atoms with E-state index in [0.717, 1.165) is 19.3 Å². The number of unbranched alkanes of at least 4 members (excludes halogenated alkanes) is 2. The third kappa shape index (κ3) is 7.11. The zero-order valence-electron chi connectivity index (χ0n) is 26.9. The van der Waals surface area contributed by atoms with Crippen LogP contribution in [-0.2, 0) is 28.7 Å². The summed E-state index contributed by atoms with van der Waals surface area (Å²) >= 11 is 3.71. The molecule has 1 aromatic carbocycles. The first kappa shape index (κ1) is 35.8. The summed E-state index contributed by atoms with van der Waals surface area (Å²) in [5.74, 6) is -3.42. The summed E-state index contributed by atoms with van der Waals surface area (Å²) in [6.07, 6.45) is 6.12. The Hall–Kier alpha value is -3.02. The summed E-state index contributed by atoms with van der Waals surface area (Å²) in [4.78, 5) is 58.4. The zero-order valence-corrected chi connectivity index (χ0v) is 28.5. The summed E-state index contributed by atoms with van der Waals surface area (Å²) in [5.41, 5.74) is -0.579. The fraction of sp³-hybridized carbons (Fsp3) is 0.600. The van der Waals surface area contributed by atoms with Crippen molar-refractivity contribution < 1.29 is 33.8 Å². The number of halogens is 1. The van der Waals surface area contributed by atoms with Crippen molar-refractivity contribution in [2.45, 2.75) is 93.5 Å². The number of hydrogen-bond donors (Lipinski definition) is 2. The van der Waals surface area contributed by atoms with Crippen LogP contribution >= 0.6 is 15.9 Å². The molecule has 3 saturated heterocycles. The molecule has 46 heavy (non-hydrogen) atoms. The van der Waals surface area contributed by atoms with Gasteiger partial charge >= 0.3 is 5.97 Å². The van der Waals surface area contributed by atoms with Crippen LogP contribution in [0.1, 0.15) is 70.5 Å². The van der Waals surface area contributed by atoms with Gasteiger partial charge in [-0.1, -0.05) is 85.1 Å². The number of rotatable bonds is 18. The smallest absolute Gasteiger partial charge is 0.313 e. The standard InChI is InChI=1S/C35H48BrN3O7/c1-5-9-14-19-38(18-7-3)33(43)31-35-20-25(36)30(46-35)28(29(35)32(42)39(31)24(8-4)22-40)34(44)45-26(23-15-12-11-13-16-23)21-37-27(41)17-10-6-2/h6-7,11-13,15-16,24-26,28-31,40H,2-3,5,8-10,14,17-22H2,1,4H3,(H,37,41)/t24-,25?,26+,28-,29+,30-,31-,35+/m0/s1. The van der Waals surface area contributed by atoms with Crippen LogP contribution in [-0.4, -0.2) is 93.5 Å². The zero-order chi connectivity index (χ0) is 33.4. The number of benzene rings is 1. The van der Waals surface area contributed by atoms with Gasteiger partial charge in [0.15, 0.2) is 0 Å². The van der Waals surface area contributed by atoms with Crippen molar-refractivity contribution in [2.24, 2.45) is 11.8 Å². The third-order valence-electron chi connectivity index (χ3n) is 9.49. The first-order chi connectivity index (χ1) is 22.2. The largest absolute Gasteiger partial charge is 0.455 e. The summed E-state index contributed by atoms with van der Waals surface area (Å²) in [5, 5.41) is 13.2. The van der Waals surface area contributed by atoms with E-state index >= 15 is 0 Å². The molecule has 3 heterocycles. The predicted molar refractivity (Wildman–Crippen MR) is 178 cm³/mol. The maximum Gasteiger partial charge on any atom is 0.313 e. The monoisotopic (exact) mass is 701 g/mol. The molecule has 2 N–H and O–H groups in total. The summed E-state index contributed by atoms with van der Waals surface area (Å²) < 4.78 is 12.8. The van der Waals surface area contributed by atoms with Crippen LogP contribution in [0.15, 0.2) is 55.6 Å². The average molecular weight is 703 g/mol. The Bertz CT molecular complexity index is 1260. The van der Waals surface area contributed by atoms with Gasteiger partial charge in [-0.3, -0.25) is 19.2 Å². The summed E-state index contributed by atoms with van der Waals surface area (Å²) in [7, 11) is 0. The van der Waals surface area contributed by atoms with Gasteiger partial charge in [-0.2, -0.15) is 0 Å². The normalized spacial score (nSPS) is 27.5. The van der Waals surface area contributed by atoms with Gasteiger partial charge in [0.2, 0.25) is 17.7 Å². The molecule has 8 atom stereocenters. The number of nitrogens with zero attached hydrogens (tertiary/aromatic N) is 2. The number of alkyl halides is 1. The lowest BCUT2D eigenvalue weighted by Crippen LogP contribution is -2.59. The van der Waals surface area contributed by atoms with Gasteiger partial charge in [0, 0.05) is 24.3 Å². The molecule has 1 spiro atoms. The second kappa shape index (κ2) is 16.2. The van der Waals surface area contributed by atoms with Crippen molar-refractivity contribution >= 4 is 39.6 Å². The number of carbonyl (C=O) groups is 4. The molecule has 10 nitrogen and oxygen atoms in total. The van der Waals surface area contributed by atoms with Gasteiger partial charge in [0.1, 0.15) is 17.7 Å². The van der Waals surface area contributed by atoms with Gasteiger partial charge in [0.25, 0.3) is 0 Å². The van der Waals surface area contributed by atoms with Crippen molar-refractivity contribution in [3.05, 3.63) is 61.2 Å². The van der Waals surface area contributed by atoms with Crippen molar-refractivity contribution in [1.82, 2.24) is 15.1 Å². The minimum absolute atomic E-state index is 0.0510. The lowest BCUT2D eigenvalue weighted by atomic mass is 9.70. The fourth-order valence-corrected chi connectivity index (χ4v) is 8.18. The number of fused-ring (bicyclic) bond motifs is 1. The number of esters is 1. The number of allylic oxidation sites excluding steroid dienone is 1. The molecule has 0 radical (unpaired) electrons. The number of hydrogen-bond acceptors (Lipinski definition) is 7. The molecule has 1 unspecified atom stereocenters. The van der Waals surface area contributed by atoms with E-state index in [9.17, 15) is 24.3 Å². The first-order valence-electron chi connectivity index (χ1n) is 16.5. The van der Waals surface area contributed by atoms with E-state index in [1.54, 1.807) is 17.1 Å². The Morgan fingerprint density at radius 2 is 1.96 bits per heavy atom. The van der Waals surface area contributed by atoms with Crippen molar-refractivity contribution in [3.63, 3.8) is 0 Å². The van der Waals surface area contributed by atoms with Crippen LogP contribution in [0.3, 0.4) is 0 Å². The Balaban J connectivity index is 1.67. The van der Waals surface area contributed by atoms with Crippen molar-refractivity contribution in [3.8, 4) is 0 Å². The molecule has 3 amide bonds. The molecule has 3 fully saturated rings. The van der Waals surface area contributed by atoms with Gasteiger partial charge in [-0.25, -0.2) is 0 Å². The molecule has 0 saturated carbocycles. The average Bonchev–Trinajstić information content (AvgIpc) is 3.65. The molecule has 0 aliphatic carbocycles. The fourth-order valence-electron chi connectivity index (χ4n) is 7.24. The lowest BCUT2D eigenvalue weighted by Gasteiger charge is -2.39. The maximum atomic E-state index is 14.5. The molecule has 4 rings (SSSR count). The van der Waals surface area contributed by atoms with E-state index in [1.807, 2.05) is 37.3 Å². The molecular weight excluding hydrogens is 654 g/mol. The lowest BCUT2D eigenvalue weighted by molar-refractivity contribution is -0.161. The van der Waals surface area contributed by atoms with E-state index in [0.29, 0.717) is 37.9 Å². The number of carbonyl (C=O) groups excluding carboxylic acids is 4. The summed E-state index contributed by atoms with van der Waals surface area (Å²) in [6.45, 7) is 12.0. The molecule has 252 valence electrons. The van der Waals surface area contributed by atoms with E-state index < -0.39 is 47.7 Å². The number of ether oxygens (including phenoxy) is 2. The van der Waals surface area contributed by atoms with Crippen molar-refractivity contribution in [1.29, 1.82) is 0 Å². The summed E-state index contributed by atoms with van der Waals surface area (Å²) in [6, 6.07) is 7.49. The van der Waals surface area contributed by atoms with Crippen LogP contribution in [0.25, 0.3) is 0 Å². The Morgan fingerprint density at radius 1 is 1.22 bits per heavy atom. The molecule has 3 aliphatic heterocycles. The number of aliphatic hydroxyl groups excluding tert-OH is 1. The number of amides is 3. The molecular formula is C35H48BrN3O7. The first-order valence-corrected chi connectivity index (χ1v) is 17.4. The van der Waals surface area contributed by atoms with Gasteiger partial charge in [-0.05, 0) is 31.2 Å². The Kier molecular flexibility index (Phi) is 12.6. The highest BCUT2D eigenvalue weighted by Gasteiger charge is 2.77. The molecule has 11 heteroatoms. The van der Waals surface area contributed by atoms with Crippen LogP contribution in [0.4, 0.5) is 0 Å². The van der Waals surface area contributed by atoms with Gasteiger partial charge in [0.05, 0.1) is 37.1 Å². The van der Waals surface area contributed by atoms with E-state index in [1.165, 1.54) is 4.90 Å². The SMILES string of the molecule is C=CCCC(=O)NC[C@@H](OC(=O)[C@@H]1[C@H]2O[C@@]3(CC2Br)[C@H](C(=O)N(CC=C)CCCCC)N([C@@H](CC)CO)C(=O)[C@@H]13)c1ccccc1. The predicted octanol–water partition coefficient (Wildman–Crippen LogP) is 4.08. The number of aliphatic hydroxyl groups is 1. The Labute approximate surface area is 280 Å². The molecule has 0 aromatic heterocycles. The van der Waals surface area contributed by atoms with Crippen LogP contribution in [0.2, 0.25) is 0 Å². The van der Waals surface area contributed by atoms with Crippen LogP contribution < -0.4 is 5.32 Å². The van der Waals surface area contributed by atoms with E-state index in [-0.39, 0.29) is 42.1 Å². The van der Waals surface area contributed by atoms with Gasteiger partial charge < -0.3 is 29.7 Å². The molecule has 2 bridgehead atoms. The number of likely N-dealkylation sites (tertiary alicyclic amines) is 1. The van der Waals surface area contributed by atoms with E-state index in [4.69, 9.17) is 9.47 Å². The maximum absolute atomic E-state index is 14.5. The Morgan fingerprint density at radius 3 is 2.59 bits per heavy atom. The highest BCUT2D eigenvalue weighted by Crippen LogP contribution is 2.61. The topological polar surface area (TPSA) is 125 Å². The molecule has 3 aliphatic rings. The molecule has 1 aromatic rings. The van der Waals surface area contributed by atoms with Crippen molar-refractivity contribution in [2.75, 3.05) is 26.2 Å². The number of nitrogens with one attached hydrogen (secondary N) is 1. The van der Waals surface area contributed by atoms with Crippen LogP contribution in [0.5, 0.6) is 0 Å². The second-order valence-corrected chi connectivity index (χ2v) is 13.6. The highest BCUT2D eigenvalue weighted by molar-refractivity contribution is 9.09. The third-order valence-corrected chi connectivity index (χ3v) is 10.3. The quantitative estimate of drug-likeness (QED) is 0.102. The van der Waals surface area contributed by atoms with Crippen LogP contribution in [0, 0.1) is 11.8 Å². The van der Waals surface area contributed by atoms with E-state index in [2.05, 4.69) is 41.3 Å². The minimum Gasteiger partial charge on any atom is -0.455 e.